The van der Waals surface area contributed by atoms with Crippen LogP contribution in [-0.2, 0) is 26.9 Å². The molecule has 7 rings (SSSR count). The van der Waals surface area contributed by atoms with Gasteiger partial charge in [-0.05, 0) is 168 Å². The number of aryl methyl sites for hydroxylation is 1. The van der Waals surface area contributed by atoms with Crippen LogP contribution in [0.2, 0.25) is 5.02 Å². The van der Waals surface area contributed by atoms with Crippen LogP contribution in [0.5, 0.6) is 0 Å². The second-order valence-electron chi connectivity index (χ2n) is 22.1. The van der Waals surface area contributed by atoms with Gasteiger partial charge in [-0.15, -0.1) is 0 Å². The SMILES string of the molecule is CC(C)(C)OC(=O)N1CCC(CBr)CC1.CC(C)(C)OC(=O)N1CCC(CO)CC1.Cc1nc(C(F)(F)F)ccc1C(=O)Nc1ccc(Cl)c(-c2nc3ccccc3n2CC2CCN(C(=O)OC(C)(C)C)CC2)c1. The fourth-order valence-electron chi connectivity index (χ4n) is 8.50. The second kappa shape index (κ2) is 25.6. The minimum Gasteiger partial charge on any atom is -0.444 e. The van der Waals surface area contributed by atoms with Crippen molar-refractivity contribution in [1.82, 2.24) is 29.2 Å². The normalized spacial score (nSPS) is 16.4. The number of hydrogen-bond donors (Lipinski definition) is 2. The molecule has 0 radical (unpaired) electrons. The molecule has 74 heavy (non-hydrogen) atoms. The average Bonchev–Trinajstić information content (AvgIpc) is 3.68. The molecule has 2 aromatic heterocycles. The summed E-state index contributed by atoms with van der Waals surface area (Å²) in [6.07, 6.45) is 0.142. The standard InChI is InChI=1S/C32H33ClF3N5O3.C11H20BrNO2.C11H21NO3/c1-19-22(10-12-27(37-19)32(34,35)36)29(42)38-21-9-11-24(33)23(17-21)28-39-25-7-5-6-8-26(25)41(28)18-20-13-15-40(16-14-20)30(43)44-31(2,3)4;1-11(2,3)15-10(14)13-6-4-9(8-12)5-7-13;1-11(2,3)15-10(14)12-6-4-9(8-13)5-7-12/h5-12,17,20H,13-16,18H2,1-4H3,(H,38,42);9H,4-8H2,1-3H3;9,13H,4-8H2,1-3H3. The van der Waals surface area contributed by atoms with Gasteiger partial charge in [-0.3, -0.25) is 4.79 Å². The van der Waals surface area contributed by atoms with Gasteiger partial charge in [-0.1, -0.05) is 39.7 Å². The number of benzene rings is 2. The molecule has 3 fully saturated rings. The molecular formula is C54H74BrClF3N7O8. The van der Waals surface area contributed by atoms with Gasteiger partial charge in [0.1, 0.15) is 28.3 Å². The van der Waals surface area contributed by atoms with E-state index in [1.165, 1.54) is 6.92 Å². The fourth-order valence-corrected chi connectivity index (χ4v) is 9.35. The number of aliphatic hydroxyl groups excluding tert-OH is 1. The number of alkyl halides is 4. The van der Waals surface area contributed by atoms with Crippen LogP contribution in [0, 0.1) is 24.7 Å². The van der Waals surface area contributed by atoms with Gasteiger partial charge in [0.2, 0.25) is 0 Å². The van der Waals surface area contributed by atoms with E-state index >= 15 is 0 Å². The molecule has 15 nitrogen and oxygen atoms in total. The first-order valence-corrected chi connectivity index (χ1v) is 26.8. The summed E-state index contributed by atoms with van der Waals surface area (Å²) in [5, 5.41) is 13.2. The Balaban J connectivity index is 0.000000274. The number of imidazole rings is 1. The number of rotatable bonds is 7. The lowest BCUT2D eigenvalue weighted by atomic mass is 9.96. The topological polar surface area (TPSA) is 169 Å². The smallest absolute Gasteiger partial charge is 0.433 e. The number of carbonyl (C=O) groups excluding carboxylic acids is 4. The molecule has 4 aromatic rings. The molecule has 20 heteroatoms. The largest absolute Gasteiger partial charge is 0.444 e. The van der Waals surface area contributed by atoms with Crippen molar-refractivity contribution < 1.29 is 51.7 Å². The Morgan fingerprint density at radius 2 is 1.16 bits per heavy atom. The van der Waals surface area contributed by atoms with Gasteiger partial charge in [-0.2, -0.15) is 13.2 Å². The number of carbonyl (C=O) groups is 4. The lowest BCUT2D eigenvalue weighted by Gasteiger charge is -2.33. The van der Waals surface area contributed by atoms with E-state index in [9.17, 15) is 32.3 Å². The summed E-state index contributed by atoms with van der Waals surface area (Å²) in [4.78, 5) is 62.6. The van der Waals surface area contributed by atoms with Crippen molar-refractivity contribution >= 4 is 68.4 Å². The molecule has 2 aromatic carbocycles. The zero-order chi connectivity index (χ0) is 54.8. The number of fused-ring (bicyclic) bond motifs is 1. The van der Waals surface area contributed by atoms with Gasteiger partial charge in [0.25, 0.3) is 5.91 Å². The highest BCUT2D eigenvalue weighted by atomic mass is 79.9. The van der Waals surface area contributed by atoms with Crippen LogP contribution >= 0.6 is 27.5 Å². The zero-order valence-electron chi connectivity index (χ0n) is 44.4. The van der Waals surface area contributed by atoms with E-state index in [2.05, 4.69) is 30.8 Å². The van der Waals surface area contributed by atoms with E-state index in [-0.39, 0.29) is 47.7 Å². The summed E-state index contributed by atoms with van der Waals surface area (Å²) in [5.74, 6) is 1.35. The molecule has 2 N–H and O–H groups in total. The quantitative estimate of drug-likeness (QED) is 0.134. The molecule has 0 saturated carbocycles. The predicted octanol–water partition coefficient (Wildman–Crippen LogP) is 12.6. The fraction of sp³-hybridized carbons (Fsp3) is 0.593. The van der Waals surface area contributed by atoms with E-state index in [0.29, 0.717) is 66.7 Å². The molecule has 3 aliphatic rings. The van der Waals surface area contributed by atoms with Gasteiger partial charge in [-0.25, -0.2) is 24.4 Å². The second-order valence-corrected chi connectivity index (χ2v) is 23.1. The minimum absolute atomic E-state index is 0.0273. The third-order valence-electron chi connectivity index (χ3n) is 12.5. The summed E-state index contributed by atoms with van der Waals surface area (Å²) >= 11 is 10.2. The van der Waals surface area contributed by atoms with Crippen molar-refractivity contribution in [1.29, 1.82) is 0 Å². The number of nitrogens with one attached hydrogen (secondary N) is 1. The van der Waals surface area contributed by atoms with Gasteiger partial charge in [0.05, 0.1) is 27.3 Å². The van der Waals surface area contributed by atoms with Crippen molar-refractivity contribution in [3.05, 3.63) is 76.6 Å². The van der Waals surface area contributed by atoms with Gasteiger partial charge >= 0.3 is 24.5 Å². The molecule has 0 aliphatic carbocycles. The number of hydrogen-bond acceptors (Lipinski definition) is 10. The monoisotopic (exact) mass is 1120 g/mol. The number of ether oxygens (including phenoxy) is 3. The van der Waals surface area contributed by atoms with Crippen LogP contribution in [0.25, 0.3) is 22.4 Å². The molecule has 5 heterocycles. The number of aromatic nitrogens is 3. The number of halogens is 5. The first-order chi connectivity index (χ1) is 34.5. The number of amides is 4. The van der Waals surface area contributed by atoms with Gasteiger partial charge in [0.15, 0.2) is 0 Å². The highest BCUT2D eigenvalue weighted by molar-refractivity contribution is 9.09. The minimum atomic E-state index is -4.61. The van der Waals surface area contributed by atoms with Crippen molar-refractivity contribution in [3.8, 4) is 11.4 Å². The van der Waals surface area contributed by atoms with E-state index in [1.54, 1.807) is 28.0 Å². The van der Waals surface area contributed by atoms with Gasteiger partial charge in [0, 0.05) is 69.0 Å². The Hall–Kier alpha value is -5.14. The molecule has 0 spiro atoms. The molecule has 0 atom stereocenters. The first-order valence-electron chi connectivity index (χ1n) is 25.3. The zero-order valence-corrected chi connectivity index (χ0v) is 46.8. The Labute approximate surface area is 446 Å². The van der Waals surface area contributed by atoms with Crippen LogP contribution in [-0.4, -0.2) is 127 Å². The third-order valence-corrected chi connectivity index (χ3v) is 13.7. The maximum atomic E-state index is 13.0. The number of piperidine rings is 3. The van der Waals surface area contributed by atoms with Crippen molar-refractivity contribution in [2.45, 2.75) is 137 Å². The highest BCUT2D eigenvalue weighted by Crippen LogP contribution is 2.35. The van der Waals surface area contributed by atoms with E-state index < -0.39 is 29.0 Å². The molecular weight excluding hydrogens is 1050 g/mol. The third kappa shape index (κ3) is 18.0. The maximum absolute atomic E-state index is 13.0. The lowest BCUT2D eigenvalue weighted by molar-refractivity contribution is -0.141. The van der Waals surface area contributed by atoms with E-state index in [1.807, 2.05) is 91.5 Å². The first kappa shape index (κ1) is 59.7. The summed E-state index contributed by atoms with van der Waals surface area (Å²) in [6, 6.07) is 14.6. The van der Waals surface area contributed by atoms with Crippen molar-refractivity contribution in [3.63, 3.8) is 0 Å². The van der Waals surface area contributed by atoms with Crippen LogP contribution < -0.4 is 5.32 Å². The molecule has 0 unspecified atom stereocenters. The van der Waals surface area contributed by atoms with Crippen LogP contribution in [0.1, 0.15) is 123 Å². The Kier molecular flexibility index (Phi) is 20.7. The average molecular weight is 1120 g/mol. The molecule has 4 amide bonds. The highest BCUT2D eigenvalue weighted by Gasteiger charge is 2.34. The number of pyridine rings is 1. The number of para-hydroxylation sites is 2. The van der Waals surface area contributed by atoms with Crippen LogP contribution in [0.15, 0.2) is 54.6 Å². The summed E-state index contributed by atoms with van der Waals surface area (Å²) in [6.45, 7) is 23.3. The van der Waals surface area contributed by atoms with Crippen LogP contribution in [0.4, 0.5) is 33.2 Å². The Bertz CT molecular complexity index is 2490. The van der Waals surface area contributed by atoms with E-state index in [4.69, 9.17) is 35.9 Å². The molecule has 3 saturated heterocycles. The lowest BCUT2D eigenvalue weighted by Crippen LogP contribution is -2.42. The molecule has 3 aliphatic heterocycles. The summed E-state index contributed by atoms with van der Waals surface area (Å²) in [7, 11) is 0. The predicted molar refractivity (Wildman–Crippen MR) is 285 cm³/mol. The number of aliphatic hydroxyl groups is 1. The number of nitrogens with zero attached hydrogens (tertiary/aromatic N) is 6. The van der Waals surface area contributed by atoms with Crippen molar-refractivity contribution in [2.75, 3.05) is 56.5 Å². The number of anilines is 1. The Morgan fingerprint density at radius 1 is 0.689 bits per heavy atom. The summed E-state index contributed by atoms with van der Waals surface area (Å²) in [5.41, 5.74) is 0.264. The molecule has 408 valence electrons. The number of likely N-dealkylation sites (tertiary alicyclic amines) is 3. The van der Waals surface area contributed by atoms with Gasteiger partial charge < -0.3 is 43.9 Å². The Morgan fingerprint density at radius 3 is 1.61 bits per heavy atom. The summed E-state index contributed by atoms with van der Waals surface area (Å²) < 4.78 is 57.4. The maximum Gasteiger partial charge on any atom is 0.433 e. The van der Waals surface area contributed by atoms with Crippen LogP contribution in [0.3, 0.4) is 0 Å². The van der Waals surface area contributed by atoms with Crippen molar-refractivity contribution in [2.24, 2.45) is 17.8 Å². The molecule has 0 bridgehead atoms. The van der Waals surface area contributed by atoms with E-state index in [0.717, 1.165) is 80.1 Å².